The number of likely N-dealkylation sites (tertiary alicyclic amines) is 1. The highest BCUT2D eigenvalue weighted by atomic mass is 19.1. The van der Waals surface area contributed by atoms with Gasteiger partial charge in [-0.25, -0.2) is 4.39 Å². The quantitative estimate of drug-likeness (QED) is 0.598. The largest absolute Gasteiger partial charge is 0.489 e. The van der Waals surface area contributed by atoms with Crippen LogP contribution in [0.3, 0.4) is 0 Å². The van der Waals surface area contributed by atoms with Crippen molar-refractivity contribution in [1.82, 2.24) is 15.1 Å². The molecule has 9 heteroatoms. The molecule has 0 spiro atoms. The molecule has 5 fully saturated rings. The highest BCUT2D eigenvalue weighted by Crippen LogP contribution is 2.49. The number of rotatable bonds is 5. The Morgan fingerprint density at radius 3 is 2.56 bits per heavy atom. The van der Waals surface area contributed by atoms with Crippen molar-refractivity contribution >= 4 is 17.7 Å². The van der Waals surface area contributed by atoms with E-state index in [-0.39, 0.29) is 47.5 Å². The van der Waals surface area contributed by atoms with E-state index in [4.69, 9.17) is 10.00 Å². The lowest BCUT2D eigenvalue weighted by Gasteiger charge is -2.53. The Bertz CT molecular complexity index is 1440. The van der Waals surface area contributed by atoms with Crippen molar-refractivity contribution in [2.75, 3.05) is 13.1 Å². The summed E-state index contributed by atoms with van der Waals surface area (Å²) in [5.74, 6) is -0.470. The molecule has 3 saturated heterocycles. The van der Waals surface area contributed by atoms with Gasteiger partial charge in [-0.1, -0.05) is 12.5 Å². The number of carbonyl (C=O) groups excluding carboxylic acids is 3. The molecule has 2 aliphatic carbocycles. The zero-order chi connectivity index (χ0) is 26.9. The first-order chi connectivity index (χ1) is 18.9. The Kier molecular flexibility index (Phi) is 5.53. The fourth-order valence-electron chi connectivity index (χ4n) is 7.23. The van der Waals surface area contributed by atoms with Crippen LogP contribution < -0.4 is 10.1 Å². The Labute approximate surface area is 225 Å². The molecule has 8 rings (SSSR count). The molecule has 4 heterocycles. The first kappa shape index (κ1) is 24.3. The molecule has 2 aromatic carbocycles. The summed E-state index contributed by atoms with van der Waals surface area (Å²) in [7, 11) is 0. The fourth-order valence-corrected chi connectivity index (χ4v) is 7.23. The Morgan fingerprint density at radius 2 is 1.82 bits per heavy atom. The SMILES string of the molecule is N#Cc1ccc(C2CN([C@@H]3CCCC[C@H]3Oc3ccc4c(c3)CN(C35CC(C3)C(=O)NC5=O)C4=O)C2)c(F)c1. The molecule has 2 saturated carbocycles. The van der Waals surface area contributed by atoms with Crippen LogP contribution in [-0.4, -0.2) is 58.3 Å². The predicted molar refractivity (Wildman–Crippen MR) is 137 cm³/mol. The number of halogens is 1. The molecule has 8 nitrogen and oxygen atoms in total. The minimum absolute atomic E-state index is 0.00196. The fraction of sp³-hybridized carbons (Fsp3) is 0.467. The van der Waals surface area contributed by atoms with Crippen LogP contribution in [0.15, 0.2) is 36.4 Å². The molecule has 200 valence electrons. The Morgan fingerprint density at radius 1 is 1.03 bits per heavy atom. The number of hydrogen-bond donors (Lipinski definition) is 1. The number of benzene rings is 2. The van der Waals surface area contributed by atoms with E-state index < -0.39 is 5.54 Å². The minimum atomic E-state index is -0.924. The standard InChI is InChI=1S/C30H29FN4O4/c31-24-9-17(13-32)5-7-22(24)20-14-34(15-20)25-3-1-2-4-26(25)39-21-6-8-23-18(10-21)16-35(28(23)37)30-11-19(12-30)27(36)33-29(30)38/h5-10,19-20,25-26H,1-4,11-12,14-16H2,(H,33,36,38)/t19?,25-,26-,30?/m1/s1. The van der Waals surface area contributed by atoms with E-state index in [2.05, 4.69) is 10.2 Å². The smallest absolute Gasteiger partial charge is 0.255 e. The van der Waals surface area contributed by atoms with Crippen molar-refractivity contribution in [1.29, 1.82) is 5.26 Å². The summed E-state index contributed by atoms with van der Waals surface area (Å²) in [6.45, 7) is 1.85. The zero-order valence-corrected chi connectivity index (χ0v) is 21.5. The van der Waals surface area contributed by atoms with Crippen LogP contribution in [0.4, 0.5) is 4.39 Å². The van der Waals surface area contributed by atoms with Crippen LogP contribution in [0.2, 0.25) is 0 Å². The second-order valence-electron chi connectivity index (χ2n) is 11.7. The summed E-state index contributed by atoms with van der Waals surface area (Å²) in [5, 5.41) is 11.4. The molecule has 4 aliphatic heterocycles. The summed E-state index contributed by atoms with van der Waals surface area (Å²) in [6.07, 6.45) is 4.94. The summed E-state index contributed by atoms with van der Waals surface area (Å²) < 4.78 is 21.1. The van der Waals surface area contributed by atoms with Gasteiger partial charge in [0.2, 0.25) is 5.91 Å². The van der Waals surface area contributed by atoms with E-state index in [1.54, 1.807) is 23.1 Å². The summed E-state index contributed by atoms with van der Waals surface area (Å²) in [4.78, 5) is 41.8. The lowest BCUT2D eigenvalue weighted by molar-refractivity contribution is -0.160. The van der Waals surface area contributed by atoms with Gasteiger partial charge >= 0.3 is 0 Å². The second kappa shape index (κ2) is 8.88. The molecular formula is C30H29FN4O4. The number of carbonyl (C=O) groups is 3. The maximum absolute atomic E-state index is 14.5. The van der Waals surface area contributed by atoms with Crippen molar-refractivity contribution in [3.63, 3.8) is 0 Å². The normalized spacial score (nSPS) is 30.2. The number of nitrogens with zero attached hydrogens (tertiary/aromatic N) is 3. The van der Waals surface area contributed by atoms with Crippen molar-refractivity contribution in [3.05, 3.63) is 64.5 Å². The van der Waals surface area contributed by atoms with E-state index in [1.165, 1.54) is 6.07 Å². The maximum Gasteiger partial charge on any atom is 0.255 e. The van der Waals surface area contributed by atoms with Crippen LogP contribution in [-0.2, 0) is 16.1 Å². The second-order valence-corrected chi connectivity index (χ2v) is 11.7. The number of hydrogen-bond acceptors (Lipinski definition) is 6. The summed E-state index contributed by atoms with van der Waals surface area (Å²) in [5.41, 5.74) is 1.50. The number of nitrogens with one attached hydrogen (secondary N) is 1. The third-order valence-corrected chi connectivity index (χ3v) is 9.50. The third kappa shape index (κ3) is 3.76. The van der Waals surface area contributed by atoms with Gasteiger partial charge in [0.05, 0.1) is 11.6 Å². The Hall–Kier alpha value is -3.77. The van der Waals surface area contributed by atoms with E-state index in [1.807, 2.05) is 18.2 Å². The molecule has 3 amide bonds. The number of amides is 3. The van der Waals surface area contributed by atoms with Crippen LogP contribution >= 0.6 is 0 Å². The van der Waals surface area contributed by atoms with Gasteiger partial charge < -0.3 is 9.64 Å². The van der Waals surface area contributed by atoms with Crippen molar-refractivity contribution in [2.45, 2.75) is 68.7 Å². The predicted octanol–water partition coefficient (Wildman–Crippen LogP) is 3.25. The van der Waals surface area contributed by atoms with E-state index in [0.717, 1.165) is 44.3 Å². The molecule has 6 aliphatic rings. The monoisotopic (exact) mass is 528 g/mol. The van der Waals surface area contributed by atoms with Crippen LogP contribution in [0, 0.1) is 23.1 Å². The number of nitriles is 1. The number of ether oxygens (including phenoxy) is 1. The van der Waals surface area contributed by atoms with E-state index in [9.17, 15) is 18.8 Å². The average Bonchev–Trinajstić information content (AvgIpc) is 3.20. The van der Waals surface area contributed by atoms with Gasteiger partial charge in [0.25, 0.3) is 11.8 Å². The van der Waals surface area contributed by atoms with Crippen molar-refractivity contribution < 1.29 is 23.5 Å². The van der Waals surface area contributed by atoms with Crippen LogP contribution in [0.1, 0.15) is 71.5 Å². The minimum Gasteiger partial charge on any atom is -0.489 e. The zero-order valence-electron chi connectivity index (χ0n) is 21.5. The lowest BCUT2D eigenvalue weighted by atomic mass is 9.63. The number of imide groups is 1. The van der Waals surface area contributed by atoms with E-state index >= 15 is 0 Å². The third-order valence-electron chi connectivity index (χ3n) is 9.50. The molecule has 2 bridgehead atoms. The van der Waals surface area contributed by atoms with Gasteiger partial charge in [-0.05, 0) is 73.6 Å². The maximum atomic E-state index is 14.5. The van der Waals surface area contributed by atoms with Crippen LogP contribution in [0.5, 0.6) is 5.75 Å². The molecule has 39 heavy (non-hydrogen) atoms. The van der Waals surface area contributed by atoms with Crippen LogP contribution in [0.25, 0.3) is 0 Å². The van der Waals surface area contributed by atoms with Crippen molar-refractivity contribution in [2.24, 2.45) is 5.92 Å². The molecule has 1 N–H and O–H groups in total. The number of piperidine rings is 2. The van der Waals surface area contributed by atoms with Gasteiger partial charge in [0.15, 0.2) is 0 Å². The first-order valence-electron chi connectivity index (χ1n) is 13.8. The molecular weight excluding hydrogens is 499 g/mol. The molecule has 2 aromatic rings. The molecule has 0 radical (unpaired) electrons. The van der Waals surface area contributed by atoms with Gasteiger partial charge in [-0.3, -0.25) is 24.6 Å². The highest BCUT2D eigenvalue weighted by molar-refractivity contribution is 6.10. The topological polar surface area (TPSA) is 103 Å². The number of fused-ring (bicyclic) bond motifs is 3. The average molecular weight is 529 g/mol. The molecule has 0 unspecified atom stereocenters. The first-order valence-corrected chi connectivity index (χ1v) is 13.8. The van der Waals surface area contributed by atoms with Gasteiger partial charge in [-0.2, -0.15) is 5.26 Å². The molecule has 0 aromatic heterocycles. The molecule has 2 atom stereocenters. The van der Waals surface area contributed by atoms with Gasteiger partial charge in [0.1, 0.15) is 23.2 Å². The van der Waals surface area contributed by atoms with Gasteiger partial charge in [-0.15, -0.1) is 0 Å². The van der Waals surface area contributed by atoms with E-state index in [0.29, 0.717) is 41.8 Å². The lowest BCUT2D eigenvalue weighted by Crippen LogP contribution is -2.73. The summed E-state index contributed by atoms with van der Waals surface area (Å²) >= 11 is 0. The van der Waals surface area contributed by atoms with Gasteiger partial charge in [0, 0.05) is 43.1 Å². The highest BCUT2D eigenvalue weighted by Gasteiger charge is 2.63. The summed E-state index contributed by atoms with van der Waals surface area (Å²) in [6, 6.07) is 12.5. The Balaban J connectivity index is 1.03. The van der Waals surface area contributed by atoms with Crippen molar-refractivity contribution in [3.8, 4) is 11.8 Å².